The molecule has 0 bridgehead atoms. The second-order valence-electron chi connectivity index (χ2n) is 11.8. The van der Waals surface area contributed by atoms with Gasteiger partial charge in [0.2, 0.25) is 5.13 Å². The van der Waals surface area contributed by atoms with Gasteiger partial charge in [0.15, 0.2) is 5.82 Å². The van der Waals surface area contributed by atoms with Gasteiger partial charge in [-0.25, -0.2) is 24.9 Å². The minimum absolute atomic E-state index is 0.243. The van der Waals surface area contributed by atoms with E-state index >= 15 is 0 Å². The number of rotatable bonds is 8. The molecule has 0 aliphatic rings. The van der Waals surface area contributed by atoms with Gasteiger partial charge in [-0.2, -0.15) is 9.36 Å². The van der Waals surface area contributed by atoms with Crippen molar-refractivity contribution in [3.05, 3.63) is 65.9 Å². The number of nitrogens with two attached hydrogens (primary N) is 1. The lowest BCUT2D eigenvalue weighted by Crippen LogP contribution is -2.51. The lowest BCUT2D eigenvalue weighted by atomic mass is 10.1. The van der Waals surface area contributed by atoms with Gasteiger partial charge in [0.1, 0.15) is 11.2 Å². The minimum Gasteiger partial charge on any atom is -0.443 e. The summed E-state index contributed by atoms with van der Waals surface area (Å²) in [5.41, 5.74) is 9.54. The third-order valence-electron chi connectivity index (χ3n) is 5.96. The summed E-state index contributed by atoms with van der Waals surface area (Å²) in [6.45, 7) is 14.1. The van der Waals surface area contributed by atoms with E-state index in [4.69, 9.17) is 15.2 Å². The van der Waals surface area contributed by atoms with E-state index in [1.54, 1.807) is 117 Å². The minimum atomic E-state index is -0.804. The Bertz CT molecular complexity index is 1520. The molecular weight excluding hydrogens is 582 g/mol. The highest BCUT2D eigenvalue weighted by atomic mass is 32.1. The molecule has 0 saturated carbocycles. The lowest BCUT2D eigenvalue weighted by molar-refractivity contribution is 0.0221. The Balaban J connectivity index is 1.96. The quantitative estimate of drug-likeness (QED) is 0.190. The summed E-state index contributed by atoms with van der Waals surface area (Å²) in [5.74, 6) is -0.0178. The normalized spacial score (nSPS) is 12.7. The Labute approximate surface area is 262 Å². The zero-order valence-corrected chi connectivity index (χ0v) is 27.4. The maximum atomic E-state index is 13.6. The zero-order valence-electron chi connectivity index (χ0n) is 26.6. The molecule has 0 aliphatic heterocycles. The Morgan fingerprint density at radius 3 is 2.20 bits per heavy atom. The molecule has 236 valence electrons. The van der Waals surface area contributed by atoms with Crippen LogP contribution in [-0.4, -0.2) is 56.8 Å². The molecule has 0 radical (unpaired) electrons. The van der Waals surface area contributed by atoms with E-state index < -0.39 is 29.4 Å². The maximum Gasteiger partial charge on any atom is 0.429 e. The number of nitrogens with zero attached hydrogens (tertiary/aromatic N) is 4. The number of hydrogen-bond donors (Lipinski definition) is 3. The van der Waals surface area contributed by atoms with Gasteiger partial charge in [0.05, 0.1) is 17.3 Å². The van der Waals surface area contributed by atoms with E-state index in [9.17, 15) is 14.4 Å². The highest BCUT2D eigenvalue weighted by Crippen LogP contribution is 2.31. The highest BCUT2D eigenvalue weighted by Gasteiger charge is 2.36. The van der Waals surface area contributed by atoms with Crippen molar-refractivity contribution in [2.45, 2.75) is 72.6 Å². The molecule has 3 rings (SSSR count). The fourth-order valence-electron chi connectivity index (χ4n) is 4.10. The largest absolute Gasteiger partial charge is 0.443 e. The number of anilines is 3. The Hall–Kier alpha value is -4.49. The van der Waals surface area contributed by atoms with Gasteiger partial charge >= 0.3 is 12.2 Å². The van der Waals surface area contributed by atoms with Crippen LogP contribution in [0.5, 0.6) is 0 Å². The standard InChI is InChI=1S/C31H41N7O5S/c1-10-24(38(33-9)29(41)43-31(6,7)8)19(2)37(28(40)42-30(3,4)5)27-35-25(36-44-27)20-14-13-15-21(18-20)34-26(39)22-16-11-12-17-23(22)32/h10-19,33H,32H2,1-9H3,(H,34,39)/b24-10+. The first-order valence-electron chi connectivity index (χ1n) is 14.0. The Kier molecular flexibility index (Phi) is 10.7. The smallest absolute Gasteiger partial charge is 0.429 e. The van der Waals surface area contributed by atoms with Gasteiger partial charge in [-0.3, -0.25) is 4.79 Å². The molecule has 44 heavy (non-hydrogen) atoms. The van der Waals surface area contributed by atoms with Crippen molar-refractivity contribution in [2.75, 3.05) is 23.0 Å². The van der Waals surface area contributed by atoms with Crippen molar-refractivity contribution in [2.24, 2.45) is 0 Å². The summed E-state index contributed by atoms with van der Waals surface area (Å²) in [7, 11) is 1.58. The Morgan fingerprint density at radius 2 is 1.61 bits per heavy atom. The van der Waals surface area contributed by atoms with Crippen LogP contribution < -0.4 is 21.4 Å². The number of hydrazine groups is 1. The van der Waals surface area contributed by atoms with Crippen LogP contribution in [-0.2, 0) is 9.47 Å². The molecule has 0 aliphatic carbocycles. The molecule has 0 saturated heterocycles. The lowest BCUT2D eigenvalue weighted by Gasteiger charge is -2.35. The van der Waals surface area contributed by atoms with Crippen LogP contribution in [0.15, 0.2) is 60.3 Å². The van der Waals surface area contributed by atoms with Crippen molar-refractivity contribution >= 4 is 46.1 Å². The van der Waals surface area contributed by atoms with Gasteiger partial charge in [-0.1, -0.05) is 30.3 Å². The topological polar surface area (TPSA) is 152 Å². The van der Waals surface area contributed by atoms with Crippen LogP contribution in [0.2, 0.25) is 0 Å². The van der Waals surface area contributed by atoms with Gasteiger partial charge in [-0.05, 0) is 79.7 Å². The molecule has 1 heterocycles. The fraction of sp³-hybridized carbons (Fsp3) is 0.387. The maximum absolute atomic E-state index is 13.6. The van der Waals surface area contributed by atoms with Crippen LogP contribution in [0.1, 0.15) is 65.7 Å². The van der Waals surface area contributed by atoms with Gasteiger partial charge < -0.3 is 20.5 Å². The van der Waals surface area contributed by atoms with Crippen molar-refractivity contribution in [3.8, 4) is 11.4 Å². The Morgan fingerprint density at radius 1 is 0.977 bits per heavy atom. The zero-order chi connectivity index (χ0) is 32.8. The molecule has 4 N–H and O–H groups in total. The molecule has 2 aromatic carbocycles. The SMILES string of the molecule is C/C=C(\C(C)N(C(=O)OC(C)(C)C)c1nc(-c2cccc(NC(=O)c3ccccc3N)c2)ns1)N(NC)C(=O)OC(C)(C)C. The number of aromatic nitrogens is 2. The number of amides is 3. The third kappa shape index (κ3) is 8.77. The molecule has 3 amide bonds. The summed E-state index contributed by atoms with van der Waals surface area (Å²) in [5, 5.41) is 4.33. The molecule has 1 atom stereocenters. The second-order valence-corrected chi connectivity index (χ2v) is 12.5. The first-order valence-corrected chi connectivity index (χ1v) is 14.8. The average molecular weight is 624 g/mol. The summed E-state index contributed by atoms with van der Waals surface area (Å²) in [6.07, 6.45) is 0.391. The average Bonchev–Trinajstić information content (AvgIpc) is 3.39. The van der Waals surface area contributed by atoms with E-state index in [0.717, 1.165) is 11.5 Å². The van der Waals surface area contributed by atoms with Crippen molar-refractivity contribution in [3.63, 3.8) is 0 Å². The molecule has 0 fully saturated rings. The predicted molar refractivity (Wildman–Crippen MR) is 173 cm³/mol. The molecule has 1 aromatic heterocycles. The number of hydrogen-bond acceptors (Lipinski definition) is 10. The predicted octanol–water partition coefficient (Wildman–Crippen LogP) is 6.44. The summed E-state index contributed by atoms with van der Waals surface area (Å²) in [6, 6.07) is 13.1. The monoisotopic (exact) mass is 623 g/mol. The highest BCUT2D eigenvalue weighted by molar-refractivity contribution is 7.10. The molecule has 3 aromatic rings. The summed E-state index contributed by atoms with van der Waals surface area (Å²) < 4.78 is 15.8. The number of ether oxygens (including phenoxy) is 2. The fourth-order valence-corrected chi connectivity index (χ4v) is 4.87. The molecular formula is C31H41N7O5S. The number of benzene rings is 2. The number of carbonyl (C=O) groups excluding carboxylic acids is 3. The van der Waals surface area contributed by atoms with Crippen LogP contribution in [0.25, 0.3) is 11.4 Å². The number of nitrogen functional groups attached to an aromatic ring is 1. The number of allylic oxidation sites excluding steroid dienone is 1. The molecule has 0 spiro atoms. The van der Waals surface area contributed by atoms with Gasteiger partial charge in [0, 0.05) is 35.5 Å². The number of para-hydroxylation sites is 1. The van der Waals surface area contributed by atoms with E-state index in [-0.39, 0.29) is 11.0 Å². The van der Waals surface area contributed by atoms with Crippen LogP contribution >= 0.6 is 11.5 Å². The van der Waals surface area contributed by atoms with Crippen LogP contribution in [0, 0.1) is 0 Å². The van der Waals surface area contributed by atoms with Crippen LogP contribution in [0.4, 0.5) is 26.1 Å². The van der Waals surface area contributed by atoms with Crippen molar-refractivity contribution in [1.82, 2.24) is 19.8 Å². The van der Waals surface area contributed by atoms with Crippen molar-refractivity contribution < 1.29 is 23.9 Å². The van der Waals surface area contributed by atoms with Gasteiger partial charge in [0.25, 0.3) is 5.91 Å². The summed E-state index contributed by atoms with van der Waals surface area (Å²) in [4.78, 5) is 45.5. The first-order chi connectivity index (χ1) is 20.5. The van der Waals surface area contributed by atoms with E-state index in [1.165, 1.54) is 9.91 Å². The molecule has 12 nitrogen and oxygen atoms in total. The van der Waals surface area contributed by atoms with Crippen molar-refractivity contribution in [1.29, 1.82) is 0 Å². The molecule has 13 heteroatoms. The van der Waals surface area contributed by atoms with Crippen LogP contribution in [0.3, 0.4) is 0 Å². The van der Waals surface area contributed by atoms with E-state index in [0.29, 0.717) is 34.0 Å². The second kappa shape index (κ2) is 13.9. The number of carbonyl (C=O) groups is 3. The molecule has 1 unspecified atom stereocenters. The van der Waals surface area contributed by atoms with E-state index in [2.05, 4.69) is 20.1 Å². The first kappa shape index (κ1) is 34.0. The third-order valence-corrected chi connectivity index (χ3v) is 6.68. The van der Waals surface area contributed by atoms with E-state index in [1.807, 2.05) is 0 Å². The summed E-state index contributed by atoms with van der Waals surface area (Å²) >= 11 is 0.997. The number of nitrogens with one attached hydrogen (secondary N) is 2. The van der Waals surface area contributed by atoms with Gasteiger partial charge in [-0.15, -0.1) is 0 Å².